The summed E-state index contributed by atoms with van der Waals surface area (Å²) in [6.07, 6.45) is 1.20. The summed E-state index contributed by atoms with van der Waals surface area (Å²) in [5.74, 6) is -0.258. The van der Waals surface area contributed by atoms with Crippen LogP contribution >= 0.6 is 11.3 Å². The van der Waals surface area contributed by atoms with Gasteiger partial charge in [0.15, 0.2) is 17.3 Å². The van der Waals surface area contributed by atoms with Crippen molar-refractivity contribution in [1.29, 1.82) is 10.5 Å². The molecule has 11 heteroatoms. The third kappa shape index (κ3) is 7.10. The molecule has 0 fully saturated rings. The fourth-order valence-electron chi connectivity index (χ4n) is 3.70. The molecule has 0 aliphatic carbocycles. The molecule has 0 radical (unpaired) electrons. The molecule has 0 N–H and O–H groups in total. The Morgan fingerprint density at radius 2 is 1.77 bits per heavy atom. The lowest BCUT2D eigenvalue weighted by molar-refractivity contribution is -0.384. The molecular formula is C29H25N3O7S. The summed E-state index contributed by atoms with van der Waals surface area (Å²) in [6, 6.07) is 14.9. The number of carbonyl (C=O) groups excluding carboxylic acids is 2. The van der Waals surface area contributed by atoms with E-state index in [1.807, 2.05) is 12.1 Å². The van der Waals surface area contributed by atoms with Crippen molar-refractivity contribution in [2.45, 2.75) is 33.8 Å². The molecule has 3 rings (SSSR count). The number of carbonyl (C=O) groups is 2. The predicted octanol–water partition coefficient (Wildman–Crippen LogP) is 5.71. The van der Waals surface area contributed by atoms with Gasteiger partial charge in [-0.25, -0.2) is 4.79 Å². The second-order valence-electron chi connectivity index (χ2n) is 8.31. The lowest BCUT2D eigenvalue weighted by Crippen LogP contribution is -2.05. The van der Waals surface area contributed by atoms with Crippen LogP contribution in [-0.2, 0) is 22.6 Å². The number of nitrogens with zero attached hydrogens (tertiary/aromatic N) is 3. The van der Waals surface area contributed by atoms with Crippen LogP contribution in [0.4, 0.5) is 5.69 Å². The van der Waals surface area contributed by atoms with Gasteiger partial charge in [0.25, 0.3) is 5.69 Å². The van der Waals surface area contributed by atoms with Gasteiger partial charge in [0, 0.05) is 23.4 Å². The minimum atomic E-state index is -0.560. The highest BCUT2D eigenvalue weighted by Gasteiger charge is 2.23. The number of nitriles is 2. The van der Waals surface area contributed by atoms with Gasteiger partial charge in [-0.2, -0.15) is 10.5 Å². The van der Waals surface area contributed by atoms with Gasteiger partial charge < -0.3 is 14.2 Å². The normalized spacial score (nSPS) is 10.8. The van der Waals surface area contributed by atoms with Crippen LogP contribution in [0.1, 0.15) is 50.7 Å². The van der Waals surface area contributed by atoms with Crippen LogP contribution in [0.3, 0.4) is 0 Å². The number of benzene rings is 2. The number of hydrogen-bond donors (Lipinski definition) is 0. The highest BCUT2D eigenvalue weighted by Crippen LogP contribution is 2.32. The minimum absolute atomic E-state index is 0.0183. The van der Waals surface area contributed by atoms with Crippen molar-refractivity contribution in [2.75, 3.05) is 13.2 Å². The number of nitro benzene ring substituents is 1. The lowest BCUT2D eigenvalue weighted by atomic mass is 10.0. The molecule has 0 saturated heterocycles. The average Bonchev–Trinajstić information content (AvgIpc) is 3.26. The fourth-order valence-corrected chi connectivity index (χ4v) is 4.84. The van der Waals surface area contributed by atoms with Crippen LogP contribution in [0.2, 0.25) is 0 Å². The second-order valence-corrected chi connectivity index (χ2v) is 9.41. The van der Waals surface area contributed by atoms with Crippen molar-refractivity contribution in [2.24, 2.45) is 0 Å². The summed E-state index contributed by atoms with van der Waals surface area (Å²) in [5, 5.41) is 30.1. The van der Waals surface area contributed by atoms with E-state index in [1.165, 1.54) is 18.2 Å². The summed E-state index contributed by atoms with van der Waals surface area (Å²) in [4.78, 5) is 36.3. The van der Waals surface area contributed by atoms with E-state index in [9.17, 15) is 30.2 Å². The van der Waals surface area contributed by atoms with Crippen molar-refractivity contribution in [3.05, 3.63) is 90.2 Å². The number of ketones is 1. The number of thiophene rings is 1. The Morgan fingerprint density at radius 1 is 1.05 bits per heavy atom. The number of nitro groups is 1. The zero-order chi connectivity index (χ0) is 29.2. The van der Waals surface area contributed by atoms with Crippen molar-refractivity contribution in [1.82, 2.24) is 0 Å². The van der Waals surface area contributed by atoms with Gasteiger partial charge in [0.05, 0.1) is 29.3 Å². The Hall–Kier alpha value is -5.00. The molecule has 0 spiro atoms. The number of ether oxygens (including phenoxy) is 3. The maximum Gasteiger partial charge on any atom is 0.348 e. The molecule has 204 valence electrons. The first kappa shape index (κ1) is 29.6. The molecule has 0 bridgehead atoms. The molecule has 0 aliphatic heterocycles. The van der Waals surface area contributed by atoms with E-state index in [1.54, 1.807) is 51.1 Å². The van der Waals surface area contributed by atoms with E-state index in [4.69, 9.17) is 14.2 Å². The van der Waals surface area contributed by atoms with Crippen LogP contribution in [-0.4, -0.2) is 29.9 Å². The maximum absolute atomic E-state index is 13.0. The van der Waals surface area contributed by atoms with Gasteiger partial charge in [-0.1, -0.05) is 6.07 Å². The maximum atomic E-state index is 13.0. The number of allylic oxidation sites excluding steroid dienone is 1. The van der Waals surface area contributed by atoms with Crippen LogP contribution in [0.25, 0.3) is 6.08 Å². The summed E-state index contributed by atoms with van der Waals surface area (Å²) in [6.45, 7) is 5.75. The molecule has 0 atom stereocenters. The van der Waals surface area contributed by atoms with Gasteiger partial charge in [0.2, 0.25) is 0 Å². The molecule has 0 saturated carbocycles. The van der Waals surface area contributed by atoms with Crippen molar-refractivity contribution in [3.8, 4) is 23.6 Å². The second kappa shape index (κ2) is 13.7. The molecule has 1 heterocycles. The SMILES string of the molecule is CCOC(=O)c1sc(CC(=O)/C(C#N)=C/c2ccc(OCc3ccc([N+](=O)[O-])cc3)c(OCC)c2)c(C#N)c1C. The first-order valence-corrected chi connectivity index (χ1v) is 13.0. The van der Waals surface area contributed by atoms with Gasteiger partial charge >= 0.3 is 5.97 Å². The van der Waals surface area contributed by atoms with E-state index >= 15 is 0 Å². The zero-order valence-electron chi connectivity index (χ0n) is 22.1. The molecule has 3 aromatic rings. The number of rotatable bonds is 12. The van der Waals surface area contributed by atoms with Crippen molar-refractivity contribution >= 4 is 34.9 Å². The Labute approximate surface area is 234 Å². The first-order chi connectivity index (χ1) is 19.2. The zero-order valence-corrected chi connectivity index (χ0v) is 22.9. The highest BCUT2D eigenvalue weighted by molar-refractivity contribution is 7.14. The van der Waals surface area contributed by atoms with Gasteiger partial charge in [-0.15, -0.1) is 11.3 Å². The Bertz CT molecular complexity index is 1540. The topological polar surface area (TPSA) is 153 Å². The summed E-state index contributed by atoms with van der Waals surface area (Å²) >= 11 is 1.01. The predicted molar refractivity (Wildman–Crippen MR) is 147 cm³/mol. The third-order valence-electron chi connectivity index (χ3n) is 5.65. The van der Waals surface area contributed by atoms with Crippen LogP contribution in [0.15, 0.2) is 48.0 Å². The van der Waals surface area contributed by atoms with Crippen LogP contribution in [0.5, 0.6) is 11.5 Å². The molecular weight excluding hydrogens is 534 g/mol. The summed E-state index contributed by atoms with van der Waals surface area (Å²) in [7, 11) is 0. The van der Waals surface area contributed by atoms with Crippen molar-refractivity contribution < 1.29 is 28.7 Å². The number of non-ortho nitro benzene ring substituents is 1. The van der Waals surface area contributed by atoms with E-state index in [-0.39, 0.29) is 41.3 Å². The Balaban J connectivity index is 1.81. The molecule has 2 aromatic carbocycles. The van der Waals surface area contributed by atoms with Crippen LogP contribution in [0, 0.1) is 39.7 Å². The Kier molecular flexibility index (Phi) is 10.1. The van der Waals surface area contributed by atoms with E-state index in [0.717, 1.165) is 16.9 Å². The molecule has 0 amide bonds. The monoisotopic (exact) mass is 559 g/mol. The van der Waals surface area contributed by atoms with E-state index in [0.29, 0.717) is 34.1 Å². The van der Waals surface area contributed by atoms with E-state index < -0.39 is 16.7 Å². The lowest BCUT2D eigenvalue weighted by Gasteiger charge is -2.13. The highest BCUT2D eigenvalue weighted by atomic mass is 32.1. The van der Waals surface area contributed by atoms with E-state index in [2.05, 4.69) is 0 Å². The molecule has 40 heavy (non-hydrogen) atoms. The minimum Gasteiger partial charge on any atom is -0.490 e. The number of esters is 1. The standard InChI is InChI=1S/C29H25N3O7S/c1-4-37-26-13-20(8-11-25(26)39-17-19-6-9-22(10-7-19)32(35)36)12-21(15-30)24(33)14-27-23(16-31)18(3)28(40-27)29(34)38-5-2/h6-13H,4-5,14,17H2,1-3H3/b21-12+. The first-order valence-electron chi connectivity index (χ1n) is 12.2. The Morgan fingerprint density at radius 3 is 2.38 bits per heavy atom. The molecule has 10 nitrogen and oxygen atoms in total. The summed E-state index contributed by atoms with van der Waals surface area (Å²) in [5.41, 5.74) is 1.77. The molecule has 0 unspecified atom stereocenters. The smallest absolute Gasteiger partial charge is 0.348 e. The fraction of sp³-hybridized carbons (Fsp3) is 0.241. The van der Waals surface area contributed by atoms with Gasteiger partial charge in [-0.3, -0.25) is 14.9 Å². The molecule has 0 aliphatic rings. The largest absolute Gasteiger partial charge is 0.490 e. The van der Waals surface area contributed by atoms with Crippen LogP contribution < -0.4 is 9.47 Å². The number of Topliss-reactive ketones (excluding diaryl/α,β-unsaturated/α-hetero) is 1. The average molecular weight is 560 g/mol. The van der Waals surface area contributed by atoms with Gasteiger partial charge in [-0.05, 0) is 67.8 Å². The number of hydrogen-bond acceptors (Lipinski definition) is 10. The quantitative estimate of drug-likeness (QED) is 0.0892. The third-order valence-corrected chi connectivity index (χ3v) is 6.93. The molecule has 1 aromatic heterocycles. The van der Waals surface area contributed by atoms with Gasteiger partial charge in [0.1, 0.15) is 23.6 Å². The summed E-state index contributed by atoms with van der Waals surface area (Å²) < 4.78 is 16.6. The van der Waals surface area contributed by atoms with Crippen molar-refractivity contribution in [3.63, 3.8) is 0 Å².